The van der Waals surface area contributed by atoms with Crippen LogP contribution in [-0.4, -0.2) is 52.9 Å². The molecule has 0 bridgehead atoms. The maximum absolute atomic E-state index is 11.3. The zero-order chi connectivity index (χ0) is 17.5. The van der Waals surface area contributed by atoms with E-state index < -0.39 is 5.97 Å². The number of nitrogens with zero attached hydrogens (tertiary/aromatic N) is 3. The van der Waals surface area contributed by atoms with Crippen LogP contribution in [0.2, 0.25) is 0 Å². The van der Waals surface area contributed by atoms with E-state index in [0.29, 0.717) is 11.4 Å². The molecule has 0 aliphatic carbocycles. The maximum Gasteiger partial charge on any atom is 0.337 e. The summed E-state index contributed by atoms with van der Waals surface area (Å²) < 4.78 is 0. The highest BCUT2D eigenvalue weighted by Gasteiger charge is 2.16. The molecule has 7 nitrogen and oxygen atoms in total. The summed E-state index contributed by atoms with van der Waals surface area (Å²) in [5, 5.41) is 12.3. The van der Waals surface area contributed by atoms with Gasteiger partial charge in [0.15, 0.2) is 0 Å². The minimum absolute atomic E-state index is 0.147. The third-order valence-electron chi connectivity index (χ3n) is 4.17. The van der Waals surface area contributed by atoms with E-state index >= 15 is 0 Å². The standard InChI is InChI=1S/C17H25N5O2/c1-12(20-13-4-3-8-22(2)9-6-13)15(10-18)21-16-11-19-7-5-14(16)17(23)24/h5,7,10-11,13,21H,3-4,6,8-9,18H2,1-2H3,(H,23,24). The van der Waals surface area contributed by atoms with E-state index in [1.54, 1.807) is 0 Å². The number of aromatic nitrogens is 1. The zero-order valence-electron chi connectivity index (χ0n) is 14.2. The molecular weight excluding hydrogens is 306 g/mol. The number of rotatable bonds is 5. The van der Waals surface area contributed by atoms with Gasteiger partial charge in [-0.2, -0.15) is 0 Å². The number of nitrogens with one attached hydrogen (secondary N) is 1. The third-order valence-corrected chi connectivity index (χ3v) is 4.17. The van der Waals surface area contributed by atoms with Crippen molar-refractivity contribution in [3.63, 3.8) is 0 Å². The molecule has 0 aromatic carbocycles. The van der Waals surface area contributed by atoms with Gasteiger partial charge >= 0.3 is 5.97 Å². The highest BCUT2D eigenvalue weighted by Crippen LogP contribution is 2.18. The Balaban J connectivity index is 2.13. The quantitative estimate of drug-likeness (QED) is 0.712. The largest absolute Gasteiger partial charge is 0.478 e. The molecule has 0 amide bonds. The molecule has 4 N–H and O–H groups in total. The van der Waals surface area contributed by atoms with Crippen molar-refractivity contribution in [1.82, 2.24) is 9.88 Å². The molecule has 130 valence electrons. The number of hydrogen-bond acceptors (Lipinski definition) is 6. The normalized spacial score (nSPS) is 20.5. The second-order valence-electron chi connectivity index (χ2n) is 6.03. The van der Waals surface area contributed by atoms with Crippen molar-refractivity contribution in [3.05, 3.63) is 35.9 Å². The summed E-state index contributed by atoms with van der Waals surface area (Å²) in [4.78, 5) is 22.4. The monoisotopic (exact) mass is 331 g/mol. The van der Waals surface area contributed by atoms with Gasteiger partial charge in [0.1, 0.15) is 0 Å². The molecule has 1 aliphatic rings. The molecule has 0 radical (unpaired) electrons. The minimum Gasteiger partial charge on any atom is -0.478 e. The lowest BCUT2D eigenvalue weighted by Gasteiger charge is -2.15. The molecule has 2 rings (SSSR count). The number of anilines is 1. The fourth-order valence-corrected chi connectivity index (χ4v) is 2.77. The number of likely N-dealkylation sites (tertiary alicyclic amines) is 1. The number of aromatic carboxylic acids is 1. The van der Waals surface area contributed by atoms with E-state index in [1.165, 1.54) is 24.7 Å². The average Bonchev–Trinajstić information content (AvgIpc) is 2.77. The first-order chi connectivity index (χ1) is 11.5. The van der Waals surface area contributed by atoms with E-state index in [-0.39, 0.29) is 11.6 Å². The van der Waals surface area contributed by atoms with Crippen molar-refractivity contribution >= 4 is 17.4 Å². The molecule has 2 heterocycles. The summed E-state index contributed by atoms with van der Waals surface area (Å²) in [5.41, 5.74) is 7.64. The second-order valence-corrected chi connectivity index (χ2v) is 6.03. The number of allylic oxidation sites excluding steroid dienone is 1. The Bertz CT molecular complexity index is 642. The van der Waals surface area contributed by atoms with Crippen LogP contribution in [0.4, 0.5) is 5.69 Å². The molecule has 1 aliphatic heterocycles. The predicted octanol–water partition coefficient (Wildman–Crippen LogP) is 1.94. The van der Waals surface area contributed by atoms with Crippen LogP contribution < -0.4 is 11.1 Å². The minimum atomic E-state index is -1.02. The highest BCUT2D eigenvalue weighted by molar-refractivity contribution is 6.02. The van der Waals surface area contributed by atoms with Crippen LogP contribution in [0, 0.1) is 0 Å². The van der Waals surface area contributed by atoms with E-state index in [9.17, 15) is 9.90 Å². The fraction of sp³-hybridized carbons (Fsp3) is 0.471. The van der Waals surface area contributed by atoms with E-state index in [2.05, 4.69) is 22.2 Å². The van der Waals surface area contributed by atoms with Gasteiger partial charge in [-0.3, -0.25) is 9.98 Å². The number of aliphatic imine (C=N–C) groups is 1. The third kappa shape index (κ3) is 4.79. The Labute approximate surface area is 142 Å². The van der Waals surface area contributed by atoms with Gasteiger partial charge in [-0.25, -0.2) is 4.79 Å². The van der Waals surface area contributed by atoms with Crippen molar-refractivity contribution < 1.29 is 9.90 Å². The number of nitrogens with two attached hydrogens (primary N) is 1. The molecule has 1 aromatic rings. The number of carboxylic acids is 1. The van der Waals surface area contributed by atoms with Crippen LogP contribution >= 0.6 is 0 Å². The molecule has 24 heavy (non-hydrogen) atoms. The van der Waals surface area contributed by atoms with E-state index in [1.807, 2.05) is 6.92 Å². The van der Waals surface area contributed by atoms with Gasteiger partial charge in [0, 0.05) is 12.4 Å². The van der Waals surface area contributed by atoms with Crippen molar-refractivity contribution in [2.75, 3.05) is 25.5 Å². The Hall–Kier alpha value is -2.41. The van der Waals surface area contributed by atoms with Crippen molar-refractivity contribution in [2.24, 2.45) is 10.7 Å². The summed E-state index contributed by atoms with van der Waals surface area (Å²) in [6.45, 7) is 4.01. The Morgan fingerprint density at radius 3 is 3.00 bits per heavy atom. The Morgan fingerprint density at radius 1 is 1.50 bits per heavy atom. The Kier molecular flexibility index (Phi) is 6.31. The number of hydrogen-bond donors (Lipinski definition) is 3. The average molecular weight is 331 g/mol. The van der Waals surface area contributed by atoms with Gasteiger partial charge < -0.3 is 21.1 Å². The predicted molar refractivity (Wildman–Crippen MR) is 95.3 cm³/mol. The van der Waals surface area contributed by atoms with Gasteiger partial charge in [0.25, 0.3) is 0 Å². The molecule has 1 atom stereocenters. The lowest BCUT2D eigenvalue weighted by Crippen LogP contribution is -2.20. The molecular formula is C17H25N5O2. The van der Waals surface area contributed by atoms with Crippen molar-refractivity contribution in [3.8, 4) is 0 Å². The van der Waals surface area contributed by atoms with Gasteiger partial charge in [0.2, 0.25) is 0 Å². The van der Waals surface area contributed by atoms with Crippen LogP contribution in [0.3, 0.4) is 0 Å². The fourth-order valence-electron chi connectivity index (χ4n) is 2.77. The first-order valence-corrected chi connectivity index (χ1v) is 8.10. The van der Waals surface area contributed by atoms with Crippen molar-refractivity contribution in [2.45, 2.75) is 32.2 Å². The second kappa shape index (κ2) is 8.44. The summed E-state index contributed by atoms with van der Waals surface area (Å²) >= 11 is 0. The van der Waals surface area contributed by atoms with Gasteiger partial charge in [0.05, 0.1) is 34.9 Å². The van der Waals surface area contributed by atoms with Gasteiger partial charge in [-0.15, -0.1) is 0 Å². The molecule has 7 heteroatoms. The summed E-state index contributed by atoms with van der Waals surface area (Å²) in [7, 11) is 2.13. The SMILES string of the molecule is CC(=NC1CCCN(C)CC1)C(=CN)Nc1cnccc1C(=O)O. The van der Waals surface area contributed by atoms with Crippen LogP contribution in [0.25, 0.3) is 0 Å². The smallest absolute Gasteiger partial charge is 0.337 e. The maximum atomic E-state index is 11.3. The molecule has 1 fully saturated rings. The van der Waals surface area contributed by atoms with Crippen LogP contribution in [0.1, 0.15) is 36.5 Å². The molecule has 1 saturated heterocycles. The number of pyridine rings is 1. The lowest BCUT2D eigenvalue weighted by molar-refractivity contribution is 0.0698. The summed E-state index contributed by atoms with van der Waals surface area (Å²) in [5.74, 6) is -1.02. The number of carbonyl (C=O) groups is 1. The van der Waals surface area contributed by atoms with Gasteiger partial charge in [-0.05, 0) is 52.4 Å². The first kappa shape index (κ1) is 17.9. The molecule has 1 unspecified atom stereocenters. The molecule has 1 aromatic heterocycles. The first-order valence-electron chi connectivity index (χ1n) is 8.10. The summed E-state index contributed by atoms with van der Waals surface area (Å²) in [6.07, 6.45) is 7.52. The van der Waals surface area contributed by atoms with Crippen LogP contribution in [0.15, 0.2) is 35.3 Å². The Morgan fingerprint density at radius 2 is 2.29 bits per heavy atom. The lowest BCUT2D eigenvalue weighted by atomic mass is 10.1. The topological polar surface area (TPSA) is 104 Å². The van der Waals surface area contributed by atoms with Crippen LogP contribution in [0.5, 0.6) is 0 Å². The van der Waals surface area contributed by atoms with Crippen LogP contribution in [-0.2, 0) is 0 Å². The van der Waals surface area contributed by atoms with Crippen molar-refractivity contribution in [1.29, 1.82) is 0 Å². The van der Waals surface area contributed by atoms with E-state index in [0.717, 1.165) is 38.1 Å². The van der Waals surface area contributed by atoms with Gasteiger partial charge in [-0.1, -0.05) is 0 Å². The highest BCUT2D eigenvalue weighted by atomic mass is 16.4. The summed E-state index contributed by atoms with van der Waals surface area (Å²) in [6, 6.07) is 1.71. The van der Waals surface area contributed by atoms with E-state index in [4.69, 9.17) is 10.7 Å². The number of carboxylic acid groups (broad SMARTS) is 1. The molecule has 0 spiro atoms. The zero-order valence-corrected chi connectivity index (χ0v) is 14.2. The molecule has 0 saturated carbocycles.